The zero-order valence-electron chi connectivity index (χ0n) is 24.7. The molecule has 8 heteroatoms. The van der Waals surface area contributed by atoms with Gasteiger partial charge in [-0.1, -0.05) is 31.1 Å². The number of ether oxygens (including phenoxy) is 1. The lowest BCUT2D eigenvalue weighted by molar-refractivity contribution is -0.184. The molecule has 41 heavy (non-hydrogen) atoms. The van der Waals surface area contributed by atoms with Gasteiger partial charge < -0.3 is 20.3 Å². The molecule has 5 aliphatic rings. The average molecular weight is 570 g/mol. The van der Waals surface area contributed by atoms with Crippen molar-refractivity contribution < 1.29 is 34.1 Å². The second-order valence-electron chi connectivity index (χ2n) is 13.8. The lowest BCUT2D eigenvalue weighted by Crippen LogP contribution is -2.62. The van der Waals surface area contributed by atoms with Crippen molar-refractivity contribution in [3.05, 3.63) is 23.3 Å². The van der Waals surface area contributed by atoms with Crippen LogP contribution in [0.15, 0.2) is 23.3 Å². The van der Waals surface area contributed by atoms with Gasteiger partial charge in [0.1, 0.15) is 5.60 Å². The van der Waals surface area contributed by atoms with Crippen molar-refractivity contribution in [2.24, 2.45) is 28.6 Å². The number of aliphatic hydroxyl groups excluding tert-OH is 1. The number of aliphatic hydroxyl groups is 2. The van der Waals surface area contributed by atoms with Gasteiger partial charge in [0.25, 0.3) is 0 Å². The van der Waals surface area contributed by atoms with Gasteiger partial charge in [0.15, 0.2) is 12.4 Å². The summed E-state index contributed by atoms with van der Waals surface area (Å²) in [4.78, 5) is 50.1. The molecule has 8 nitrogen and oxygen atoms in total. The van der Waals surface area contributed by atoms with E-state index in [0.29, 0.717) is 25.8 Å². The van der Waals surface area contributed by atoms with Crippen molar-refractivity contribution in [1.82, 2.24) is 5.32 Å². The van der Waals surface area contributed by atoms with Gasteiger partial charge in [-0.05, 0) is 99.9 Å². The van der Waals surface area contributed by atoms with Crippen LogP contribution in [0, 0.1) is 28.6 Å². The highest BCUT2D eigenvalue weighted by molar-refractivity contribution is 5.92. The number of carbonyl (C=O) groups is 4. The monoisotopic (exact) mass is 569 g/mol. The molecule has 4 unspecified atom stereocenters. The predicted octanol–water partition coefficient (Wildman–Crippen LogP) is 4.12. The Hall–Kier alpha value is -2.32. The van der Waals surface area contributed by atoms with Crippen LogP contribution in [0.3, 0.4) is 0 Å². The molecule has 1 amide bonds. The fraction of sp³-hybridized carbons (Fsp3) is 0.758. The van der Waals surface area contributed by atoms with E-state index in [4.69, 9.17) is 4.74 Å². The summed E-state index contributed by atoms with van der Waals surface area (Å²) in [7, 11) is 0. The van der Waals surface area contributed by atoms with Crippen LogP contribution in [0.1, 0.15) is 104 Å². The summed E-state index contributed by atoms with van der Waals surface area (Å²) < 4.78 is 5.25. The quantitative estimate of drug-likeness (QED) is 0.281. The van der Waals surface area contributed by atoms with Gasteiger partial charge in [0.05, 0.1) is 12.5 Å². The molecule has 226 valence electrons. The molecular weight excluding hydrogens is 522 g/mol. The first kappa shape index (κ1) is 30.1. The van der Waals surface area contributed by atoms with Gasteiger partial charge in [0.2, 0.25) is 11.7 Å². The molecule has 0 spiro atoms. The Morgan fingerprint density at radius 2 is 1.88 bits per heavy atom. The fourth-order valence-electron chi connectivity index (χ4n) is 9.29. The summed E-state index contributed by atoms with van der Waals surface area (Å²) in [6.07, 6.45) is 12.7. The third-order valence-electron chi connectivity index (χ3n) is 11.6. The third kappa shape index (κ3) is 5.58. The predicted molar refractivity (Wildman–Crippen MR) is 152 cm³/mol. The Balaban J connectivity index is 1.14. The summed E-state index contributed by atoms with van der Waals surface area (Å²) in [6, 6.07) is 0. The van der Waals surface area contributed by atoms with Gasteiger partial charge in [-0.15, -0.1) is 0 Å². The van der Waals surface area contributed by atoms with Gasteiger partial charge in [-0.3, -0.25) is 19.2 Å². The van der Waals surface area contributed by atoms with E-state index in [2.05, 4.69) is 18.3 Å². The number of nitrogens with one attached hydrogen (secondary N) is 1. The molecule has 0 aromatic rings. The van der Waals surface area contributed by atoms with Crippen molar-refractivity contribution in [3.8, 4) is 0 Å². The summed E-state index contributed by atoms with van der Waals surface area (Å²) in [5, 5.41) is 26.2. The standard InChI is InChI=1S/C33H47NO7/c1-31-15-12-23(35)18-22(31)8-9-24-25-13-16-33(40,32(25,2)19-26(36)30(24)31)27(37)20-41-29(39)11-10-28(38)34-17-14-21-6-4-3-5-7-21/h6,18,24-26,30,36,40H,3-5,7-17,19-20H2,1-2H3,(H,34,38)/t24?,25?,26?,30?,31-,32-,33-/m0/s1. The van der Waals surface area contributed by atoms with Gasteiger partial charge in [-0.25, -0.2) is 0 Å². The maximum Gasteiger partial charge on any atom is 0.306 e. The molecule has 0 aliphatic heterocycles. The van der Waals surface area contributed by atoms with E-state index in [0.717, 1.165) is 44.1 Å². The lowest BCUT2D eigenvalue weighted by atomic mass is 9.45. The summed E-state index contributed by atoms with van der Waals surface area (Å²) in [5.74, 6) is -1.02. The Bertz CT molecular complexity index is 1140. The number of rotatable bonds is 9. The second-order valence-corrected chi connectivity index (χ2v) is 13.8. The van der Waals surface area contributed by atoms with Crippen LogP contribution in [0.5, 0.6) is 0 Å². The smallest absolute Gasteiger partial charge is 0.306 e. The molecule has 0 radical (unpaired) electrons. The Kier molecular flexibility index (Phi) is 8.64. The van der Waals surface area contributed by atoms with Crippen molar-refractivity contribution >= 4 is 23.4 Å². The number of esters is 1. The van der Waals surface area contributed by atoms with E-state index >= 15 is 0 Å². The van der Waals surface area contributed by atoms with Crippen LogP contribution in [0.4, 0.5) is 0 Å². The number of allylic oxidation sites excluding steroid dienone is 2. The molecule has 3 fully saturated rings. The number of carbonyl (C=O) groups excluding carboxylic acids is 4. The first-order valence-corrected chi connectivity index (χ1v) is 15.8. The molecule has 0 aromatic heterocycles. The van der Waals surface area contributed by atoms with E-state index in [1.807, 2.05) is 6.92 Å². The summed E-state index contributed by atoms with van der Waals surface area (Å²) >= 11 is 0. The van der Waals surface area contributed by atoms with Gasteiger partial charge in [0, 0.05) is 24.8 Å². The highest BCUT2D eigenvalue weighted by Crippen LogP contribution is 2.67. The fourth-order valence-corrected chi connectivity index (χ4v) is 9.29. The topological polar surface area (TPSA) is 130 Å². The number of hydrogen-bond acceptors (Lipinski definition) is 7. The number of hydrogen-bond donors (Lipinski definition) is 3. The minimum absolute atomic E-state index is 0.00510. The van der Waals surface area contributed by atoms with Crippen LogP contribution in [0.25, 0.3) is 0 Å². The minimum atomic E-state index is -1.69. The summed E-state index contributed by atoms with van der Waals surface area (Å²) in [6.45, 7) is 4.10. The first-order valence-electron chi connectivity index (χ1n) is 15.8. The van der Waals surface area contributed by atoms with Crippen LogP contribution < -0.4 is 5.32 Å². The largest absolute Gasteiger partial charge is 0.458 e. The maximum absolute atomic E-state index is 13.4. The first-order chi connectivity index (χ1) is 19.5. The number of amides is 1. The zero-order valence-corrected chi connectivity index (χ0v) is 24.7. The van der Waals surface area contributed by atoms with E-state index in [9.17, 15) is 29.4 Å². The molecule has 0 saturated heterocycles. The Labute approximate surface area is 243 Å². The van der Waals surface area contributed by atoms with Gasteiger partial charge in [-0.2, -0.15) is 0 Å². The normalized spacial score (nSPS) is 38.1. The van der Waals surface area contributed by atoms with Crippen LogP contribution in [-0.2, 0) is 23.9 Å². The number of fused-ring (bicyclic) bond motifs is 5. The molecule has 0 aromatic carbocycles. The van der Waals surface area contributed by atoms with Crippen LogP contribution in [-0.4, -0.2) is 58.5 Å². The van der Waals surface area contributed by atoms with Crippen LogP contribution >= 0.6 is 0 Å². The van der Waals surface area contributed by atoms with Crippen molar-refractivity contribution in [1.29, 1.82) is 0 Å². The van der Waals surface area contributed by atoms with Crippen molar-refractivity contribution in [2.45, 2.75) is 115 Å². The summed E-state index contributed by atoms with van der Waals surface area (Å²) in [5.41, 5.74) is -0.233. The molecule has 5 rings (SSSR count). The van der Waals surface area contributed by atoms with E-state index in [-0.39, 0.29) is 54.1 Å². The maximum atomic E-state index is 13.4. The van der Waals surface area contributed by atoms with E-state index < -0.39 is 35.5 Å². The van der Waals surface area contributed by atoms with E-state index in [1.165, 1.54) is 18.4 Å². The number of ketones is 2. The third-order valence-corrected chi connectivity index (χ3v) is 11.6. The number of Topliss-reactive ketones (excluding diaryl/α,β-unsaturated/α-hetero) is 1. The van der Waals surface area contributed by atoms with Crippen LogP contribution in [0.2, 0.25) is 0 Å². The van der Waals surface area contributed by atoms with Crippen molar-refractivity contribution in [2.75, 3.05) is 13.2 Å². The highest BCUT2D eigenvalue weighted by Gasteiger charge is 2.68. The molecular formula is C33H47NO7. The Morgan fingerprint density at radius 1 is 1.07 bits per heavy atom. The Morgan fingerprint density at radius 3 is 2.63 bits per heavy atom. The second kappa shape index (κ2) is 11.8. The minimum Gasteiger partial charge on any atom is -0.458 e. The molecule has 3 N–H and O–H groups in total. The molecule has 0 bridgehead atoms. The molecule has 7 atom stereocenters. The van der Waals surface area contributed by atoms with Crippen molar-refractivity contribution in [3.63, 3.8) is 0 Å². The molecule has 3 saturated carbocycles. The zero-order chi connectivity index (χ0) is 29.4. The SMILES string of the molecule is C[C@]12CCC(=O)C=C1CCC1C2C(O)C[C@@]2(C)C1CC[C@]2(O)C(=O)COC(=O)CCC(=O)NCCC1=CCCCC1. The highest BCUT2D eigenvalue weighted by atomic mass is 16.5. The lowest BCUT2D eigenvalue weighted by Gasteiger charge is -2.60. The molecule has 5 aliphatic carbocycles. The van der Waals surface area contributed by atoms with Gasteiger partial charge >= 0.3 is 5.97 Å². The van der Waals surface area contributed by atoms with E-state index in [1.54, 1.807) is 6.08 Å². The molecule has 0 heterocycles. The average Bonchev–Trinajstić information content (AvgIpc) is 3.22.